The number of fused-ring (bicyclic) bond motifs is 2. The Hall–Kier alpha value is -3.60. The van der Waals surface area contributed by atoms with Crippen molar-refractivity contribution in [2.24, 2.45) is 0 Å². The lowest BCUT2D eigenvalue weighted by molar-refractivity contribution is 0.206. The van der Waals surface area contributed by atoms with Gasteiger partial charge in [0.25, 0.3) is 0 Å². The third kappa shape index (κ3) is 5.87. The van der Waals surface area contributed by atoms with E-state index in [4.69, 9.17) is 0 Å². The summed E-state index contributed by atoms with van der Waals surface area (Å²) in [7, 11) is -3.68. The zero-order valence-corrected chi connectivity index (χ0v) is 21.5. The van der Waals surface area contributed by atoms with Crippen molar-refractivity contribution in [2.45, 2.75) is 30.7 Å². The minimum atomic E-state index is -3.68. The van der Waals surface area contributed by atoms with Crippen molar-refractivity contribution < 1.29 is 13.2 Å². The van der Waals surface area contributed by atoms with Crippen LogP contribution in [0.4, 0.5) is 10.5 Å². The van der Waals surface area contributed by atoms with Crippen LogP contribution in [0.5, 0.6) is 0 Å². The number of anilines is 1. The molecular formula is C27H30N6O3S. The van der Waals surface area contributed by atoms with Gasteiger partial charge < -0.3 is 15.5 Å². The molecule has 2 aromatic carbocycles. The number of benzene rings is 2. The SMILES string of the molecule is Cc1cc(NC(=O)NCCN2CCC(NS(=O)(=O)c3cccc4cccnc34)CC2)c2ccccc2n1. The van der Waals surface area contributed by atoms with Gasteiger partial charge in [-0.2, -0.15) is 0 Å². The molecule has 0 unspecified atom stereocenters. The van der Waals surface area contributed by atoms with Gasteiger partial charge in [0.15, 0.2) is 0 Å². The van der Waals surface area contributed by atoms with Crippen LogP contribution >= 0.6 is 0 Å². The topological polar surface area (TPSA) is 116 Å². The molecule has 0 atom stereocenters. The molecule has 0 spiro atoms. The number of likely N-dealkylation sites (tertiary alicyclic amines) is 1. The first-order chi connectivity index (χ1) is 17.9. The fraction of sp³-hybridized carbons (Fsp3) is 0.296. The Labute approximate surface area is 216 Å². The van der Waals surface area contributed by atoms with Crippen molar-refractivity contribution in [2.75, 3.05) is 31.5 Å². The van der Waals surface area contributed by atoms with Crippen LogP contribution < -0.4 is 15.4 Å². The fourth-order valence-electron chi connectivity index (χ4n) is 4.76. The molecule has 10 heteroatoms. The lowest BCUT2D eigenvalue weighted by Gasteiger charge is -2.32. The quantitative estimate of drug-likeness (QED) is 0.344. The number of nitrogens with one attached hydrogen (secondary N) is 3. The van der Waals surface area contributed by atoms with Crippen molar-refractivity contribution >= 4 is 43.5 Å². The molecular weight excluding hydrogens is 488 g/mol. The van der Waals surface area contributed by atoms with E-state index in [-0.39, 0.29) is 17.0 Å². The zero-order chi connectivity index (χ0) is 25.8. The Balaban J connectivity index is 1.10. The van der Waals surface area contributed by atoms with E-state index in [2.05, 4.69) is 30.2 Å². The monoisotopic (exact) mass is 518 g/mol. The van der Waals surface area contributed by atoms with Gasteiger partial charge in [0.1, 0.15) is 4.90 Å². The first-order valence-corrected chi connectivity index (χ1v) is 13.9. The van der Waals surface area contributed by atoms with Gasteiger partial charge in [0, 0.05) is 41.8 Å². The van der Waals surface area contributed by atoms with Gasteiger partial charge in [-0.1, -0.05) is 36.4 Å². The van der Waals surface area contributed by atoms with Crippen molar-refractivity contribution in [1.82, 2.24) is 24.9 Å². The summed E-state index contributed by atoms with van der Waals surface area (Å²) in [6.07, 6.45) is 3.01. The summed E-state index contributed by atoms with van der Waals surface area (Å²) >= 11 is 0. The van der Waals surface area contributed by atoms with Gasteiger partial charge in [0.05, 0.1) is 16.7 Å². The van der Waals surface area contributed by atoms with E-state index < -0.39 is 10.0 Å². The van der Waals surface area contributed by atoms with Gasteiger partial charge in [-0.15, -0.1) is 0 Å². The van der Waals surface area contributed by atoms with Gasteiger partial charge >= 0.3 is 6.03 Å². The molecule has 5 rings (SSSR count). The Morgan fingerprint density at radius 2 is 1.84 bits per heavy atom. The maximum absolute atomic E-state index is 13.1. The van der Waals surface area contributed by atoms with Gasteiger partial charge in [0.2, 0.25) is 10.0 Å². The van der Waals surface area contributed by atoms with E-state index in [1.807, 2.05) is 49.4 Å². The fourth-order valence-corrected chi connectivity index (χ4v) is 6.24. The van der Waals surface area contributed by atoms with E-state index in [1.54, 1.807) is 24.4 Å². The number of amides is 2. The first-order valence-electron chi connectivity index (χ1n) is 12.4. The average molecular weight is 519 g/mol. The zero-order valence-electron chi connectivity index (χ0n) is 20.6. The predicted octanol–water partition coefficient (Wildman–Crippen LogP) is 3.66. The molecule has 0 aliphatic carbocycles. The normalized spacial score (nSPS) is 15.2. The van der Waals surface area contributed by atoms with Crippen molar-refractivity contribution in [3.63, 3.8) is 0 Å². The number of para-hydroxylation sites is 2. The summed E-state index contributed by atoms with van der Waals surface area (Å²) < 4.78 is 29.0. The molecule has 9 nitrogen and oxygen atoms in total. The van der Waals surface area contributed by atoms with Gasteiger partial charge in [-0.05, 0) is 57.1 Å². The number of urea groups is 1. The molecule has 37 heavy (non-hydrogen) atoms. The number of piperidine rings is 1. The molecule has 0 bridgehead atoms. The third-order valence-electron chi connectivity index (χ3n) is 6.60. The van der Waals surface area contributed by atoms with Crippen LogP contribution in [0.2, 0.25) is 0 Å². The summed E-state index contributed by atoms with van der Waals surface area (Å²) in [5.41, 5.74) is 2.89. The Bertz CT molecular complexity index is 1530. The van der Waals surface area contributed by atoms with Crippen molar-refractivity contribution in [1.29, 1.82) is 0 Å². The van der Waals surface area contributed by atoms with Crippen molar-refractivity contribution in [3.05, 3.63) is 72.6 Å². The van der Waals surface area contributed by atoms with E-state index in [1.165, 1.54) is 0 Å². The second-order valence-electron chi connectivity index (χ2n) is 9.28. The summed E-state index contributed by atoms with van der Waals surface area (Å²) in [5, 5.41) is 7.54. The minimum Gasteiger partial charge on any atom is -0.337 e. The van der Waals surface area contributed by atoms with Gasteiger partial charge in [-0.3, -0.25) is 9.97 Å². The second-order valence-corrected chi connectivity index (χ2v) is 11.0. The number of sulfonamides is 1. The van der Waals surface area contributed by atoms with E-state index >= 15 is 0 Å². The number of rotatable bonds is 7. The molecule has 1 aliphatic rings. The maximum Gasteiger partial charge on any atom is 0.319 e. The van der Waals surface area contributed by atoms with Crippen LogP contribution in [0, 0.1) is 6.92 Å². The lowest BCUT2D eigenvalue weighted by atomic mass is 10.1. The van der Waals surface area contributed by atoms with Crippen molar-refractivity contribution in [3.8, 4) is 0 Å². The molecule has 3 heterocycles. The van der Waals surface area contributed by atoms with E-state index in [0.29, 0.717) is 31.4 Å². The number of pyridine rings is 2. The molecule has 1 saturated heterocycles. The summed E-state index contributed by atoms with van der Waals surface area (Å²) in [5.74, 6) is 0. The lowest BCUT2D eigenvalue weighted by Crippen LogP contribution is -2.46. The largest absolute Gasteiger partial charge is 0.337 e. The van der Waals surface area contributed by atoms with Crippen LogP contribution in [0.1, 0.15) is 18.5 Å². The predicted molar refractivity (Wildman–Crippen MR) is 145 cm³/mol. The summed E-state index contributed by atoms with van der Waals surface area (Å²) in [6, 6.07) is 18.0. The smallest absolute Gasteiger partial charge is 0.319 e. The minimum absolute atomic E-state index is 0.139. The number of aromatic nitrogens is 2. The van der Waals surface area contributed by atoms with E-state index in [9.17, 15) is 13.2 Å². The van der Waals surface area contributed by atoms with Crippen LogP contribution in [-0.2, 0) is 10.0 Å². The number of nitrogens with zero attached hydrogens (tertiary/aromatic N) is 3. The number of carbonyl (C=O) groups excluding carboxylic acids is 1. The second kappa shape index (κ2) is 10.8. The number of carbonyl (C=O) groups is 1. The average Bonchev–Trinajstić information content (AvgIpc) is 2.89. The number of hydrogen-bond donors (Lipinski definition) is 3. The third-order valence-corrected chi connectivity index (χ3v) is 8.15. The maximum atomic E-state index is 13.1. The molecule has 2 amide bonds. The molecule has 0 saturated carbocycles. The van der Waals surface area contributed by atoms with Crippen LogP contribution in [0.25, 0.3) is 21.8 Å². The number of aryl methyl sites for hydroxylation is 1. The Kier molecular flexibility index (Phi) is 7.31. The highest BCUT2D eigenvalue weighted by Crippen LogP contribution is 2.23. The molecule has 4 aromatic rings. The highest BCUT2D eigenvalue weighted by atomic mass is 32.2. The highest BCUT2D eigenvalue weighted by Gasteiger charge is 2.26. The molecule has 2 aromatic heterocycles. The molecule has 1 aliphatic heterocycles. The molecule has 3 N–H and O–H groups in total. The highest BCUT2D eigenvalue weighted by molar-refractivity contribution is 7.89. The summed E-state index contributed by atoms with van der Waals surface area (Å²) in [4.78, 5) is 23.7. The van der Waals surface area contributed by atoms with E-state index in [0.717, 1.165) is 40.8 Å². The standard InChI is InChI=1S/C27H30N6O3S/c1-19-18-24(22-8-2-3-9-23(22)30-19)31-27(34)29-14-17-33-15-11-21(12-16-33)32-37(35,36)25-10-4-6-20-7-5-13-28-26(20)25/h2-10,13,18,21,32H,11-12,14-17H2,1H3,(H2,29,30,31,34). The first kappa shape index (κ1) is 25.1. The molecule has 1 fully saturated rings. The Morgan fingerprint density at radius 1 is 1.05 bits per heavy atom. The van der Waals surface area contributed by atoms with Crippen LogP contribution in [0.15, 0.2) is 71.8 Å². The van der Waals surface area contributed by atoms with Crippen LogP contribution in [0.3, 0.4) is 0 Å². The summed E-state index contributed by atoms with van der Waals surface area (Å²) in [6.45, 7) is 4.58. The molecule has 0 radical (unpaired) electrons. The van der Waals surface area contributed by atoms with Gasteiger partial charge in [-0.25, -0.2) is 17.9 Å². The number of hydrogen-bond acceptors (Lipinski definition) is 6. The molecule has 192 valence electrons. The Morgan fingerprint density at radius 3 is 2.68 bits per heavy atom. The van der Waals surface area contributed by atoms with Crippen LogP contribution in [-0.4, -0.2) is 61.5 Å².